The highest BCUT2D eigenvalue weighted by molar-refractivity contribution is 5.82. The van der Waals surface area contributed by atoms with Crippen LogP contribution >= 0.6 is 0 Å². The van der Waals surface area contributed by atoms with Crippen molar-refractivity contribution in [1.29, 1.82) is 0 Å². The molecule has 0 saturated heterocycles. The molecule has 5 heteroatoms. The number of carbonyl (C=O) groups excluding carboxylic acids is 2. The maximum Gasteiger partial charge on any atom is 0.323 e. The van der Waals surface area contributed by atoms with Crippen molar-refractivity contribution in [2.75, 3.05) is 0 Å². The minimum absolute atomic E-state index is 0.200. The van der Waals surface area contributed by atoms with Gasteiger partial charge in [0.15, 0.2) is 0 Å². The zero-order valence-corrected chi connectivity index (χ0v) is 18.5. The molecule has 166 valence electrons. The van der Waals surface area contributed by atoms with E-state index in [4.69, 9.17) is 15.2 Å². The van der Waals surface area contributed by atoms with Gasteiger partial charge in [-0.05, 0) is 42.5 Å². The van der Waals surface area contributed by atoms with Gasteiger partial charge in [0.2, 0.25) is 0 Å². The number of carbonyl (C=O) groups is 2. The minimum atomic E-state index is -0.802. The summed E-state index contributed by atoms with van der Waals surface area (Å²) in [6.07, 6.45) is 0.354. The summed E-state index contributed by atoms with van der Waals surface area (Å²) in [5.74, 6) is -0.738. The molecule has 0 aliphatic heterocycles. The van der Waals surface area contributed by atoms with Gasteiger partial charge in [-0.15, -0.1) is 0 Å². The van der Waals surface area contributed by atoms with Crippen molar-refractivity contribution in [3.8, 4) is 0 Å². The van der Waals surface area contributed by atoms with E-state index in [9.17, 15) is 9.59 Å². The molecular formula is C27H29NO4. The first-order valence-electron chi connectivity index (χ1n) is 10.6. The van der Waals surface area contributed by atoms with Crippen molar-refractivity contribution >= 4 is 11.9 Å². The van der Waals surface area contributed by atoms with Crippen LogP contribution in [0, 0.1) is 0 Å². The first kappa shape index (κ1) is 23.2. The lowest BCUT2D eigenvalue weighted by molar-refractivity contribution is -0.150. The fourth-order valence-electron chi connectivity index (χ4n) is 3.25. The molecule has 3 aromatic rings. The Balaban J connectivity index is 1.53. The summed E-state index contributed by atoms with van der Waals surface area (Å²) in [7, 11) is 0. The SMILES string of the molecule is CC(C)(C(=O)OCc1ccccc1)c1ccc(C[C@H](N)C(=O)OCc2ccccc2)cc1. The number of nitrogens with two attached hydrogens (primary N) is 1. The highest BCUT2D eigenvalue weighted by Crippen LogP contribution is 2.26. The Morgan fingerprint density at radius 2 is 1.25 bits per heavy atom. The van der Waals surface area contributed by atoms with Gasteiger partial charge in [0, 0.05) is 0 Å². The molecule has 0 saturated carbocycles. The maximum atomic E-state index is 12.7. The van der Waals surface area contributed by atoms with Crippen LogP contribution in [0.3, 0.4) is 0 Å². The smallest absolute Gasteiger partial charge is 0.323 e. The van der Waals surface area contributed by atoms with Crippen molar-refractivity contribution in [1.82, 2.24) is 0 Å². The molecule has 0 amide bonds. The maximum absolute atomic E-state index is 12.7. The van der Waals surface area contributed by atoms with Crippen LogP contribution in [-0.4, -0.2) is 18.0 Å². The van der Waals surface area contributed by atoms with Crippen LogP contribution in [0.1, 0.15) is 36.1 Å². The average Bonchev–Trinajstić information content (AvgIpc) is 2.82. The van der Waals surface area contributed by atoms with Crippen LogP contribution in [0.25, 0.3) is 0 Å². The topological polar surface area (TPSA) is 78.6 Å². The molecule has 3 rings (SSSR count). The molecule has 2 N–H and O–H groups in total. The first-order chi connectivity index (χ1) is 15.4. The molecule has 0 bridgehead atoms. The first-order valence-corrected chi connectivity index (χ1v) is 10.6. The Bertz CT molecular complexity index is 1010. The zero-order valence-electron chi connectivity index (χ0n) is 18.5. The van der Waals surface area contributed by atoms with Crippen LogP contribution in [0.2, 0.25) is 0 Å². The summed E-state index contributed by atoms with van der Waals surface area (Å²) < 4.78 is 10.8. The van der Waals surface area contributed by atoms with Crippen LogP contribution in [0.4, 0.5) is 0 Å². The highest BCUT2D eigenvalue weighted by Gasteiger charge is 2.31. The third kappa shape index (κ3) is 6.28. The zero-order chi connectivity index (χ0) is 23.0. The summed E-state index contributed by atoms with van der Waals surface area (Å²) in [6.45, 7) is 4.11. The van der Waals surface area contributed by atoms with Crippen molar-refractivity contribution in [2.45, 2.75) is 44.9 Å². The Morgan fingerprint density at radius 1 is 0.750 bits per heavy atom. The number of benzene rings is 3. The van der Waals surface area contributed by atoms with Gasteiger partial charge in [0.1, 0.15) is 19.3 Å². The number of esters is 2. The van der Waals surface area contributed by atoms with E-state index in [-0.39, 0.29) is 19.2 Å². The van der Waals surface area contributed by atoms with Crippen LogP contribution in [0.5, 0.6) is 0 Å². The summed E-state index contributed by atoms with van der Waals surface area (Å²) in [4.78, 5) is 24.9. The molecule has 0 aliphatic carbocycles. The largest absolute Gasteiger partial charge is 0.460 e. The van der Waals surface area contributed by atoms with E-state index in [0.717, 1.165) is 22.3 Å². The third-order valence-electron chi connectivity index (χ3n) is 5.38. The minimum Gasteiger partial charge on any atom is -0.460 e. The lowest BCUT2D eigenvalue weighted by atomic mass is 9.84. The van der Waals surface area contributed by atoms with Crippen molar-refractivity contribution in [3.05, 3.63) is 107 Å². The van der Waals surface area contributed by atoms with Crippen molar-refractivity contribution < 1.29 is 19.1 Å². The fraction of sp³-hybridized carbons (Fsp3) is 0.259. The molecule has 0 aliphatic rings. The van der Waals surface area contributed by atoms with Crippen LogP contribution in [0.15, 0.2) is 84.9 Å². The van der Waals surface area contributed by atoms with Crippen molar-refractivity contribution in [2.24, 2.45) is 5.73 Å². The number of rotatable bonds is 9. The molecule has 0 radical (unpaired) electrons. The second-order valence-electron chi connectivity index (χ2n) is 8.29. The van der Waals surface area contributed by atoms with E-state index in [0.29, 0.717) is 6.42 Å². The van der Waals surface area contributed by atoms with Gasteiger partial charge in [-0.25, -0.2) is 0 Å². The van der Waals surface area contributed by atoms with E-state index in [1.54, 1.807) is 0 Å². The van der Waals surface area contributed by atoms with E-state index in [1.165, 1.54) is 0 Å². The van der Waals surface area contributed by atoms with Crippen LogP contribution < -0.4 is 5.73 Å². The molecule has 0 aromatic heterocycles. The van der Waals surface area contributed by atoms with Crippen molar-refractivity contribution in [3.63, 3.8) is 0 Å². The second kappa shape index (κ2) is 10.7. The monoisotopic (exact) mass is 431 g/mol. The predicted octanol–water partition coefficient (Wildman–Crippen LogP) is 4.32. The van der Waals surface area contributed by atoms with E-state index < -0.39 is 17.4 Å². The quantitative estimate of drug-likeness (QED) is 0.511. The number of ether oxygens (including phenoxy) is 2. The summed E-state index contributed by atoms with van der Waals surface area (Å²) in [5.41, 5.74) is 8.82. The van der Waals surface area contributed by atoms with Gasteiger partial charge < -0.3 is 15.2 Å². The van der Waals surface area contributed by atoms with Gasteiger partial charge in [-0.1, -0.05) is 84.9 Å². The lowest BCUT2D eigenvalue weighted by Gasteiger charge is -2.23. The third-order valence-corrected chi connectivity index (χ3v) is 5.38. The average molecular weight is 432 g/mol. The van der Waals surface area contributed by atoms with E-state index in [2.05, 4.69) is 0 Å². The molecule has 0 unspecified atom stereocenters. The predicted molar refractivity (Wildman–Crippen MR) is 124 cm³/mol. The second-order valence-corrected chi connectivity index (χ2v) is 8.29. The standard InChI is InChI=1S/C27H29NO4/c1-27(2,26(30)32-19-22-11-7-4-8-12-22)23-15-13-20(14-16-23)17-24(28)25(29)31-18-21-9-5-3-6-10-21/h3-16,24H,17-19,28H2,1-2H3/t24-/m0/s1. The molecule has 0 fully saturated rings. The Morgan fingerprint density at radius 3 is 1.78 bits per heavy atom. The van der Waals surface area contributed by atoms with Gasteiger partial charge in [-0.3, -0.25) is 9.59 Å². The van der Waals surface area contributed by atoms with Gasteiger partial charge in [-0.2, -0.15) is 0 Å². The molecule has 3 aromatic carbocycles. The highest BCUT2D eigenvalue weighted by atomic mass is 16.5. The van der Waals surface area contributed by atoms with Gasteiger partial charge in [0.25, 0.3) is 0 Å². The number of hydrogen-bond acceptors (Lipinski definition) is 5. The van der Waals surface area contributed by atoms with E-state index >= 15 is 0 Å². The number of hydrogen-bond donors (Lipinski definition) is 1. The molecule has 1 atom stereocenters. The van der Waals surface area contributed by atoms with Gasteiger partial charge in [0.05, 0.1) is 5.41 Å². The summed E-state index contributed by atoms with van der Waals surface area (Å²) in [5, 5.41) is 0. The normalized spacial score (nSPS) is 12.1. The Kier molecular flexibility index (Phi) is 7.79. The lowest BCUT2D eigenvalue weighted by Crippen LogP contribution is -2.34. The molecule has 0 spiro atoms. The Labute approximate surface area is 189 Å². The Hall–Kier alpha value is -3.44. The molecule has 32 heavy (non-hydrogen) atoms. The van der Waals surface area contributed by atoms with E-state index in [1.807, 2.05) is 98.8 Å². The summed E-state index contributed by atoms with van der Waals surface area (Å²) >= 11 is 0. The molecular weight excluding hydrogens is 402 g/mol. The fourth-order valence-corrected chi connectivity index (χ4v) is 3.25. The van der Waals surface area contributed by atoms with Gasteiger partial charge >= 0.3 is 11.9 Å². The van der Waals surface area contributed by atoms with Crippen LogP contribution in [-0.2, 0) is 44.1 Å². The molecule has 5 nitrogen and oxygen atoms in total. The molecule has 0 heterocycles. The summed E-state index contributed by atoms with van der Waals surface area (Å²) in [6, 6.07) is 25.8.